The SMILES string of the molecule is C=C.CC.CC(C)(C)OC(=O)N1CCCC1C(=O)NC1CC1.CCOC=O. The Kier molecular flexibility index (Phi) is 15.1. The van der Waals surface area contributed by atoms with Gasteiger partial charge in [-0.3, -0.25) is 14.5 Å². The fraction of sp³-hybridized carbons (Fsp3) is 0.750. The standard InChI is InChI=1S/C13H22N2O3.C3H6O2.C2H6.C2H4/c1-13(2,3)18-12(17)15-8-4-5-10(15)11(16)14-9-6-7-9;1-2-5-3-4;2*1-2/h9-10H,4-8H2,1-3H3,(H,14,16);3H,2H2,1H3;1-2H3;1-2H2. The molecule has 1 heterocycles. The molecule has 2 rings (SSSR count). The van der Waals surface area contributed by atoms with Crippen molar-refractivity contribution in [3.05, 3.63) is 13.2 Å². The monoisotopic (exact) mass is 386 g/mol. The van der Waals surface area contributed by atoms with Gasteiger partial charge >= 0.3 is 6.09 Å². The van der Waals surface area contributed by atoms with Crippen molar-refractivity contribution in [2.75, 3.05) is 13.2 Å². The van der Waals surface area contributed by atoms with E-state index in [1.54, 1.807) is 11.8 Å². The zero-order valence-electron chi connectivity index (χ0n) is 17.9. The molecule has 27 heavy (non-hydrogen) atoms. The van der Waals surface area contributed by atoms with Gasteiger partial charge in [0, 0.05) is 12.6 Å². The van der Waals surface area contributed by atoms with E-state index in [2.05, 4.69) is 23.2 Å². The lowest BCUT2D eigenvalue weighted by atomic mass is 10.2. The second-order valence-corrected chi connectivity index (χ2v) is 6.67. The van der Waals surface area contributed by atoms with Gasteiger partial charge in [0.2, 0.25) is 5.91 Å². The molecule has 7 heteroatoms. The van der Waals surface area contributed by atoms with Crippen LogP contribution in [0.4, 0.5) is 4.79 Å². The first kappa shape index (κ1) is 27.2. The van der Waals surface area contributed by atoms with Gasteiger partial charge in [0.25, 0.3) is 6.47 Å². The van der Waals surface area contributed by atoms with Crippen molar-refractivity contribution in [2.24, 2.45) is 0 Å². The molecule has 0 aromatic rings. The molecule has 1 N–H and O–H groups in total. The Morgan fingerprint density at radius 3 is 2.11 bits per heavy atom. The van der Waals surface area contributed by atoms with Crippen molar-refractivity contribution in [1.82, 2.24) is 10.2 Å². The van der Waals surface area contributed by atoms with Crippen LogP contribution in [-0.2, 0) is 19.1 Å². The van der Waals surface area contributed by atoms with Gasteiger partial charge in [0.15, 0.2) is 0 Å². The van der Waals surface area contributed by atoms with E-state index < -0.39 is 5.60 Å². The van der Waals surface area contributed by atoms with Gasteiger partial charge in [0.05, 0.1) is 6.61 Å². The Morgan fingerprint density at radius 2 is 1.74 bits per heavy atom. The number of carbonyl (C=O) groups excluding carboxylic acids is 3. The molecule has 158 valence electrons. The number of ether oxygens (including phenoxy) is 2. The lowest BCUT2D eigenvalue weighted by Crippen LogP contribution is -2.48. The summed E-state index contributed by atoms with van der Waals surface area (Å²) >= 11 is 0. The smallest absolute Gasteiger partial charge is 0.410 e. The van der Waals surface area contributed by atoms with E-state index in [0.29, 0.717) is 25.7 Å². The zero-order chi connectivity index (χ0) is 21.5. The van der Waals surface area contributed by atoms with Gasteiger partial charge in [-0.15, -0.1) is 13.2 Å². The summed E-state index contributed by atoms with van der Waals surface area (Å²) in [5.74, 6) is -0.0270. The summed E-state index contributed by atoms with van der Waals surface area (Å²) in [4.78, 5) is 34.8. The zero-order valence-corrected chi connectivity index (χ0v) is 17.9. The number of nitrogens with one attached hydrogen (secondary N) is 1. The molecule has 7 nitrogen and oxygen atoms in total. The molecule has 2 aliphatic rings. The highest BCUT2D eigenvalue weighted by atomic mass is 16.6. The predicted molar refractivity (Wildman–Crippen MR) is 107 cm³/mol. The Morgan fingerprint density at radius 1 is 1.19 bits per heavy atom. The predicted octanol–water partition coefficient (Wildman–Crippen LogP) is 3.67. The molecule has 2 amide bonds. The van der Waals surface area contributed by atoms with Crippen LogP contribution in [0.5, 0.6) is 0 Å². The molecule has 1 saturated carbocycles. The quantitative estimate of drug-likeness (QED) is 0.588. The average Bonchev–Trinajstić information content (AvgIpc) is 3.29. The normalized spacial score (nSPS) is 17.6. The third kappa shape index (κ3) is 12.9. The van der Waals surface area contributed by atoms with E-state index in [4.69, 9.17) is 4.74 Å². The summed E-state index contributed by atoms with van der Waals surface area (Å²) in [5, 5.41) is 2.96. The highest BCUT2D eigenvalue weighted by molar-refractivity contribution is 5.86. The molecular weight excluding hydrogens is 348 g/mol. The molecule has 0 aromatic carbocycles. The van der Waals surface area contributed by atoms with Crippen LogP contribution in [0.1, 0.15) is 67.2 Å². The maximum Gasteiger partial charge on any atom is 0.410 e. The Labute approximate surface area is 164 Å². The summed E-state index contributed by atoms with van der Waals surface area (Å²) in [6.07, 6.45) is 3.34. The van der Waals surface area contributed by atoms with E-state index in [9.17, 15) is 14.4 Å². The first-order chi connectivity index (χ1) is 12.8. The summed E-state index contributed by atoms with van der Waals surface area (Å²) in [6.45, 7) is 18.8. The lowest BCUT2D eigenvalue weighted by molar-refractivity contribution is -0.128. The number of hydrogen-bond acceptors (Lipinski definition) is 5. The van der Waals surface area contributed by atoms with Crippen molar-refractivity contribution < 1.29 is 23.9 Å². The minimum absolute atomic E-state index is 0.0270. The molecule has 1 aliphatic carbocycles. The van der Waals surface area contributed by atoms with Crippen molar-refractivity contribution in [3.63, 3.8) is 0 Å². The third-order valence-electron chi connectivity index (χ3n) is 3.34. The van der Waals surface area contributed by atoms with Crippen molar-refractivity contribution in [2.45, 2.75) is 84.9 Å². The van der Waals surface area contributed by atoms with E-state index in [1.807, 2.05) is 34.6 Å². The summed E-state index contributed by atoms with van der Waals surface area (Å²) in [7, 11) is 0. The van der Waals surface area contributed by atoms with Crippen LogP contribution in [0, 0.1) is 0 Å². The minimum Gasteiger partial charge on any atom is -0.468 e. The van der Waals surface area contributed by atoms with Crippen LogP contribution >= 0.6 is 0 Å². The Hall–Kier alpha value is -2.05. The summed E-state index contributed by atoms with van der Waals surface area (Å²) in [5.41, 5.74) is -0.517. The van der Waals surface area contributed by atoms with E-state index >= 15 is 0 Å². The van der Waals surface area contributed by atoms with Gasteiger partial charge in [-0.25, -0.2) is 4.79 Å². The molecule has 2 fully saturated rings. The first-order valence-electron chi connectivity index (χ1n) is 9.63. The molecule has 1 atom stereocenters. The molecule has 0 spiro atoms. The topological polar surface area (TPSA) is 84.9 Å². The molecule has 0 bridgehead atoms. The van der Waals surface area contributed by atoms with Crippen LogP contribution in [-0.4, -0.2) is 54.2 Å². The van der Waals surface area contributed by atoms with Gasteiger partial charge in [-0.2, -0.15) is 0 Å². The molecule has 1 unspecified atom stereocenters. The Bertz CT molecular complexity index is 431. The fourth-order valence-electron chi connectivity index (χ4n) is 2.17. The summed E-state index contributed by atoms with van der Waals surface area (Å²) < 4.78 is 9.48. The number of nitrogens with zero attached hydrogens (tertiary/aromatic N) is 1. The number of rotatable bonds is 4. The van der Waals surface area contributed by atoms with Crippen molar-refractivity contribution in [1.29, 1.82) is 0 Å². The van der Waals surface area contributed by atoms with Crippen LogP contribution in [0.25, 0.3) is 0 Å². The third-order valence-corrected chi connectivity index (χ3v) is 3.34. The maximum absolute atomic E-state index is 12.0. The van der Waals surface area contributed by atoms with Gasteiger partial charge in [-0.1, -0.05) is 13.8 Å². The van der Waals surface area contributed by atoms with Crippen molar-refractivity contribution >= 4 is 18.5 Å². The molecule has 1 saturated heterocycles. The fourth-order valence-corrected chi connectivity index (χ4v) is 2.17. The molecule has 0 aromatic heterocycles. The number of amides is 2. The molecular formula is C20H38N2O5. The van der Waals surface area contributed by atoms with E-state index in [1.165, 1.54) is 0 Å². The number of carbonyl (C=O) groups is 3. The van der Waals surface area contributed by atoms with E-state index in [-0.39, 0.29) is 18.0 Å². The van der Waals surface area contributed by atoms with Gasteiger partial charge < -0.3 is 14.8 Å². The lowest BCUT2D eigenvalue weighted by Gasteiger charge is -2.28. The second kappa shape index (κ2) is 15.1. The highest BCUT2D eigenvalue weighted by Crippen LogP contribution is 2.23. The van der Waals surface area contributed by atoms with E-state index in [0.717, 1.165) is 25.7 Å². The highest BCUT2D eigenvalue weighted by Gasteiger charge is 2.38. The Balaban J connectivity index is 0. The minimum atomic E-state index is -0.517. The van der Waals surface area contributed by atoms with Crippen molar-refractivity contribution in [3.8, 4) is 0 Å². The van der Waals surface area contributed by atoms with Crippen LogP contribution in [0.15, 0.2) is 13.2 Å². The number of likely N-dealkylation sites (tertiary alicyclic amines) is 1. The molecule has 0 radical (unpaired) electrons. The molecule has 1 aliphatic heterocycles. The van der Waals surface area contributed by atoms with Crippen LogP contribution in [0.2, 0.25) is 0 Å². The van der Waals surface area contributed by atoms with Crippen LogP contribution < -0.4 is 5.32 Å². The average molecular weight is 387 g/mol. The largest absolute Gasteiger partial charge is 0.468 e. The summed E-state index contributed by atoms with van der Waals surface area (Å²) in [6, 6.07) is -0.0148. The van der Waals surface area contributed by atoms with Gasteiger partial charge in [0.1, 0.15) is 11.6 Å². The first-order valence-corrected chi connectivity index (χ1v) is 9.63. The number of hydrogen-bond donors (Lipinski definition) is 1. The maximum atomic E-state index is 12.0. The van der Waals surface area contributed by atoms with Gasteiger partial charge in [-0.05, 0) is 53.4 Å². The second-order valence-electron chi connectivity index (χ2n) is 6.67. The van der Waals surface area contributed by atoms with Crippen LogP contribution in [0.3, 0.4) is 0 Å².